The van der Waals surface area contributed by atoms with Crippen molar-refractivity contribution in [2.45, 2.75) is 0 Å². The summed E-state index contributed by atoms with van der Waals surface area (Å²) in [5.74, 6) is 0. The number of hydrogen-bond donors (Lipinski definition) is 0. The lowest BCUT2D eigenvalue weighted by molar-refractivity contribution is 1.17. The van der Waals surface area contributed by atoms with Gasteiger partial charge in [0.2, 0.25) is 0 Å². The molecular formula is C48H33N5. The maximum Gasteiger partial charge on any atom is 0.0998 e. The Hall–Kier alpha value is -7.42. The second-order valence-corrected chi connectivity index (χ2v) is 12.8. The number of para-hydroxylation sites is 4. The van der Waals surface area contributed by atoms with Crippen LogP contribution in [0, 0.1) is 11.3 Å². The van der Waals surface area contributed by atoms with Crippen LogP contribution in [0.25, 0.3) is 38.6 Å². The molecule has 0 aliphatic heterocycles. The SMILES string of the molecule is N#Cc1ccc(-n2c3cc(N(c4ccccc4)c4ccccc4)ccc3c3ccc(N(c4ccccc4)c4ccccc4)cc32)cc1-c1ccncc1. The first-order valence-electron chi connectivity index (χ1n) is 17.6. The van der Waals surface area contributed by atoms with Crippen LogP contribution < -0.4 is 9.80 Å². The summed E-state index contributed by atoms with van der Waals surface area (Å²) in [6, 6.07) is 67.8. The smallest absolute Gasteiger partial charge is 0.0998 e. The Morgan fingerprint density at radius 1 is 0.434 bits per heavy atom. The van der Waals surface area contributed by atoms with Crippen molar-refractivity contribution in [2.75, 3.05) is 9.80 Å². The molecule has 0 fully saturated rings. The van der Waals surface area contributed by atoms with Gasteiger partial charge in [-0.1, -0.05) is 84.9 Å². The molecule has 0 N–H and O–H groups in total. The molecule has 2 aromatic heterocycles. The molecule has 2 heterocycles. The molecule has 53 heavy (non-hydrogen) atoms. The van der Waals surface area contributed by atoms with Gasteiger partial charge in [0.05, 0.1) is 22.7 Å². The van der Waals surface area contributed by atoms with Gasteiger partial charge < -0.3 is 14.4 Å². The molecule has 0 saturated heterocycles. The maximum absolute atomic E-state index is 10.2. The number of pyridine rings is 1. The zero-order valence-electron chi connectivity index (χ0n) is 28.8. The average molecular weight is 680 g/mol. The highest BCUT2D eigenvalue weighted by Gasteiger charge is 2.20. The summed E-state index contributed by atoms with van der Waals surface area (Å²) in [6.45, 7) is 0. The monoisotopic (exact) mass is 679 g/mol. The van der Waals surface area contributed by atoms with Crippen molar-refractivity contribution in [1.82, 2.24) is 9.55 Å². The van der Waals surface area contributed by atoms with E-state index in [1.807, 2.05) is 42.5 Å². The average Bonchev–Trinajstić information content (AvgIpc) is 3.55. The molecule has 0 saturated carbocycles. The van der Waals surface area contributed by atoms with Crippen LogP contribution in [-0.2, 0) is 0 Å². The van der Waals surface area contributed by atoms with E-state index in [1.165, 1.54) is 0 Å². The van der Waals surface area contributed by atoms with Gasteiger partial charge in [0.1, 0.15) is 0 Å². The van der Waals surface area contributed by atoms with Crippen LogP contribution in [0.1, 0.15) is 5.56 Å². The van der Waals surface area contributed by atoms with E-state index in [-0.39, 0.29) is 0 Å². The van der Waals surface area contributed by atoms with Gasteiger partial charge in [0, 0.05) is 68.5 Å². The molecule has 9 aromatic rings. The van der Waals surface area contributed by atoms with Crippen LogP contribution in [0.3, 0.4) is 0 Å². The molecule has 0 amide bonds. The van der Waals surface area contributed by atoms with Crippen LogP contribution in [0.2, 0.25) is 0 Å². The molecule has 5 heteroatoms. The number of hydrogen-bond acceptors (Lipinski definition) is 4. The molecule has 0 aliphatic carbocycles. The number of rotatable bonds is 8. The molecule has 0 bridgehead atoms. The van der Waals surface area contributed by atoms with Gasteiger partial charge in [-0.05, 0) is 109 Å². The highest BCUT2D eigenvalue weighted by molar-refractivity contribution is 6.11. The van der Waals surface area contributed by atoms with E-state index < -0.39 is 0 Å². The lowest BCUT2D eigenvalue weighted by atomic mass is 10.0. The normalized spacial score (nSPS) is 11.0. The van der Waals surface area contributed by atoms with Crippen LogP contribution in [0.4, 0.5) is 34.1 Å². The minimum atomic E-state index is 0.612. The highest BCUT2D eigenvalue weighted by atomic mass is 15.2. The molecule has 5 nitrogen and oxygen atoms in total. The van der Waals surface area contributed by atoms with Crippen molar-refractivity contribution in [3.05, 3.63) is 206 Å². The first-order chi connectivity index (χ1) is 26.3. The van der Waals surface area contributed by atoms with E-state index in [4.69, 9.17) is 0 Å². The molecule has 0 aliphatic rings. The summed E-state index contributed by atoms with van der Waals surface area (Å²) >= 11 is 0. The zero-order valence-corrected chi connectivity index (χ0v) is 28.8. The third-order valence-corrected chi connectivity index (χ3v) is 9.68. The topological polar surface area (TPSA) is 48.1 Å². The van der Waals surface area contributed by atoms with Crippen molar-refractivity contribution >= 4 is 55.9 Å². The van der Waals surface area contributed by atoms with Crippen molar-refractivity contribution in [1.29, 1.82) is 5.26 Å². The van der Waals surface area contributed by atoms with Gasteiger partial charge in [-0.25, -0.2) is 0 Å². The van der Waals surface area contributed by atoms with Crippen molar-refractivity contribution < 1.29 is 0 Å². The van der Waals surface area contributed by atoms with E-state index in [9.17, 15) is 5.26 Å². The third-order valence-electron chi connectivity index (χ3n) is 9.68. The third kappa shape index (κ3) is 5.85. The first kappa shape index (κ1) is 31.6. The van der Waals surface area contributed by atoms with Crippen molar-refractivity contribution in [3.8, 4) is 22.9 Å². The second kappa shape index (κ2) is 13.7. The predicted molar refractivity (Wildman–Crippen MR) is 218 cm³/mol. The molecule has 0 unspecified atom stereocenters. The Labute approximate surface area is 308 Å². The summed E-state index contributed by atoms with van der Waals surface area (Å²) in [5, 5.41) is 12.5. The molecule has 7 aromatic carbocycles. The molecular weight excluding hydrogens is 647 g/mol. The lowest BCUT2D eigenvalue weighted by Crippen LogP contribution is -2.10. The number of nitrogens with zero attached hydrogens (tertiary/aromatic N) is 5. The largest absolute Gasteiger partial charge is 0.310 e. The van der Waals surface area contributed by atoms with Gasteiger partial charge in [0.25, 0.3) is 0 Å². The van der Waals surface area contributed by atoms with E-state index in [0.29, 0.717) is 5.56 Å². The summed E-state index contributed by atoms with van der Waals surface area (Å²) < 4.78 is 2.34. The van der Waals surface area contributed by atoms with E-state index in [2.05, 4.69) is 171 Å². The molecule has 250 valence electrons. The number of benzene rings is 7. The minimum Gasteiger partial charge on any atom is -0.310 e. The van der Waals surface area contributed by atoms with Crippen LogP contribution in [-0.4, -0.2) is 9.55 Å². The summed E-state index contributed by atoms with van der Waals surface area (Å²) in [5.41, 5.74) is 11.9. The first-order valence-corrected chi connectivity index (χ1v) is 17.6. The minimum absolute atomic E-state index is 0.612. The summed E-state index contributed by atoms with van der Waals surface area (Å²) in [4.78, 5) is 8.82. The number of anilines is 6. The van der Waals surface area contributed by atoms with E-state index >= 15 is 0 Å². The lowest BCUT2D eigenvalue weighted by Gasteiger charge is -2.26. The van der Waals surface area contributed by atoms with Gasteiger partial charge in [-0.3, -0.25) is 4.98 Å². The quantitative estimate of drug-likeness (QED) is 0.160. The summed E-state index contributed by atoms with van der Waals surface area (Å²) in [7, 11) is 0. The molecule has 0 radical (unpaired) electrons. The number of fused-ring (bicyclic) bond motifs is 3. The summed E-state index contributed by atoms with van der Waals surface area (Å²) in [6.07, 6.45) is 3.54. The fourth-order valence-electron chi connectivity index (χ4n) is 7.29. The number of aromatic nitrogens is 2. The Morgan fingerprint density at radius 3 is 1.28 bits per heavy atom. The standard InChI is InChI=1S/C48H33N5/c49-34-36-21-22-41(31-46(36)35-27-29-50-30-28-35)53-47-32-42(51(37-13-5-1-6-14-37)38-15-7-2-8-16-38)23-25-44(47)45-26-24-43(33-48(45)53)52(39-17-9-3-10-18-39)40-19-11-4-12-20-40/h1-33H. The van der Waals surface area contributed by atoms with E-state index in [1.54, 1.807) is 12.4 Å². The molecule has 9 rings (SSSR count). The van der Waals surface area contributed by atoms with Gasteiger partial charge in [0.15, 0.2) is 0 Å². The second-order valence-electron chi connectivity index (χ2n) is 12.8. The molecule has 0 atom stereocenters. The fourth-order valence-corrected chi connectivity index (χ4v) is 7.29. The Bertz CT molecular complexity index is 2500. The fraction of sp³-hybridized carbons (Fsp3) is 0. The Balaban J connectivity index is 1.33. The van der Waals surface area contributed by atoms with Crippen LogP contribution in [0.15, 0.2) is 200 Å². The van der Waals surface area contributed by atoms with E-state index in [0.717, 1.165) is 72.7 Å². The Morgan fingerprint density at radius 2 is 0.868 bits per heavy atom. The maximum atomic E-state index is 10.2. The van der Waals surface area contributed by atoms with Crippen molar-refractivity contribution in [3.63, 3.8) is 0 Å². The molecule has 0 spiro atoms. The van der Waals surface area contributed by atoms with Crippen molar-refractivity contribution in [2.24, 2.45) is 0 Å². The van der Waals surface area contributed by atoms with Gasteiger partial charge in [-0.2, -0.15) is 5.26 Å². The van der Waals surface area contributed by atoms with Crippen LogP contribution >= 0.6 is 0 Å². The van der Waals surface area contributed by atoms with Gasteiger partial charge >= 0.3 is 0 Å². The van der Waals surface area contributed by atoms with Crippen LogP contribution in [0.5, 0.6) is 0 Å². The zero-order chi connectivity index (χ0) is 35.6. The highest BCUT2D eigenvalue weighted by Crippen LogP contribution is 2.43. The predicted octanol–water partition coefficient (Wildman–Crippen LogP) is 12.7. The van der Waals surface area contributed by atoms with Gasteiger partial charge in [-0.15, -0.1) is 0 Å². The Kier molecular flexibility index (Phi) is 8.16. The number of nitriles is 1.